The quantitative estimate of drug-likeness (QED) is 0.594. The molecule has 0 fully saturated rings. The second-order valence-corrected chi connectivity index (χ2v) is 11.4. The van der Waals surface area contributed by atoms with Gasteiger partial charge in [-0.3, -0.25) is 0 Å². The van der Waals surface area contributed by atoms with Gasteiger partial charge in [0.25, 0.3) is 0 Å². The van der Waals surface area contributed by atoms with Crippen molar-refractivity contribution in [3.05, 3.63) is 0 Å². The van der Waals surface area contributed by atoms with Crippen LogP contribution in [0.25, 0.3) is 0 Å². The minimum atomic E-state index is -11.5. The Morgan fingerprint density at radius 1 is 0.571 bits per heavy atom. The fraction of sp³-hybridized carbons (Fsp3) is 0. The maximum atomic E-state index is 9.95. The van der Waals surface area contributed by atoms with Crippen LogP contribution in [0.15, 0.2) is 0 Å². The van der Waals surface area contributed by atoms with Gasteiger partial charge in [0.2, 0.25) is 0 Å². The van der Waals surface area contributed by atoms with Crippen LogP contribution in [0.4, 0.5) is 3.86 Å². The van der Waals surface area contributed by atoms with Gasteiger partial charge in [0.15, 0.2) is 0 Å². The van der Waals surface area contributed by atoms with E-state index in [1.807, 2.05) is 0 Å². The molecule has 0 atom stereocenters. The van der Waals surface area contributed by atoms with E-state index in [4.69, 9.17) is 0 Å². The molecular formula is AcF6. The summed E-state index contributed by atoms with van der Waals surface area (Å²) in [5, 5.41) is 0. The first-order valence-electron chi connectivity index (χ1n) is 1.31. The van der Waals surface area contributed by atoms with E-state index in [0.29, 0.717) is 0 Å². The van der Waals surface area contributed by atoms with E-state index in [-0.39, 0.29) is 0 Å². The van der Waals surface area contributed by atoms with Gasteiger partial charge >= 0.3 is 40.0 Å². The van der Waals surface area contributed by atoms with Crippen molar-refractivity contribution in [2.45, 2.75) is 0 Å². The molecular weight excluding hydrogens is 341 g/mol. The Morgan fingerprint density at radius 2 is 0.571 bits per heavy atom. The predicted octanol–water partition coefficient (Wildman–Crippen LogP) is 2.52. The Labute approximate surface area is 39.5 Å². The van der Waals surface area contributed by atoms with E-state index < -0.39 is 36.1 Å². The van der Waals surface area contributed by atoms with Crippen LogP contribution in [0, 0.1) is 36.1 Å². The van der Waals surface area contributed by atoms with Gasteiger partial charge in [-0.1, -0.05) is 0 Å². The van der Waals surface area contributed by atoms with Crippen LogP contribution < -0.4 is 0 Å². The summed E-state index contributed by atoms with van der Waals surface area (Å²) >= 11 is -11.5. The van der Waals surface area contributed by atoms with Crippen LogP contribution >= 0.6 is 0 Å². The van der Waals surface area contributed by atoms with E-state index in [1.165, 1.54) is 0 Å². The number of hydrogen-bond donors (Lipinski definition) is 0. The zero-order valence-electron chi connectivity index (χ0n) is 2.85. The summed E-state index contributed by atoms with van der Waals surface area (Å²) in [4.78, 5) is 0. The average molecular weight is 341 g/mol. The number of hydrogen-bond acceptors (Lipinski definition) is 0. The molecule has 0 spiro atoms. The van der Waals surface area contributed by atoms with Crippen molar-refractivity contribution in [1.82, 2.24) is 0 Å². The molecule has 7 heavy (non-hydrogen) atoms. The fourth-order valence-electron chi connectivity index (χ4n) is 0. The zero-order valence-corrected chi connectivity index (χ0v) is 7.59. The molecule has 0 aromatic carbocycles. The summed E-state index contributed by atoms with van der Waals surface area (Å²) in [6.07, 6.45) is 0. The third-order valence-corrected chi connectivity index (χ3v) is 0. The predicted molar refractivity (Wildman–Crippen MR) is 6.65 cm³/mol. The van der Waals surface area contributed by atoms with Crippen LogP contribution in [-0.2, 0) is 0 Å². The van der Waals surface area contributed by atoms with Gasteiger partial charge in [-0.05, 0) is 0 Å². The summed E-state index contributed by atoms with van der Waals surface area (Å²) in [5.74, 6) is 0. The van der Waals surface area contributed by atoms with Crippen molar-refractivity contribution in [2.75, 3.05) is 0 Å². The Balaban J connectivity index is 4.43. The second-order valence-electron chi connectivity index (χ2n) is 1.24. The first-order valence-corrected chi connectivity index (χ1v) is 12.1. The van der Waals surface area contributed by atoms with Crippen molar-refractivity contribution < 1.29 is 40.0 Å². The fourth-order valence-corrected chi connectivity index (χ4v) is 0. The molecule has 0 bridgehead atoms. The first-order chi connectivity index (χ1) is 2.45. The molecule has 7 heteroatoms. The van der Waals surface area contributed by atoms with E-state index in [2.05, 4.69) is 0 Å². The van der Waals surface area contributed by atoms with Crippen molar-refractivity contribution in [3.63, 3.8) is 0 Å². The molecule has 0 nitrogen and oxygen atoms in total. The monoisotopic (exact) mass is 341 g/mol. The molecule has 0 heterocycles. The van der Waals surface area contributed by atoms with E-state index in [1.54, 1.807) is 0 Å². The van der Waals surface area contributed by atoms with Gasteiger partial charge in [-0.2, -0.15) is 0 Å². The Bertz CT molecular complexity index is 62.7. The van der Waals surface area contributed by atoms with Gasteiger partial charge in [0.1, 0.15) is 0 Å². The molecule has 0 aromatic rings. The van der Waals surface area contributed by atoms with Crippen LogP contribution in [0.5, 0.6) is 0 Å². The zero-order chi connectivity index (χ0) is 6.41. The van der Waals surface area contributed by atoms with Gasteiger partial charge < -0.3 is 0 Å². The van der Waals surface area contributed by atoms with Gasteiger partial charge in [-0.15, -0.1) is 0 Å². The molecule has 0 unspecified atom stereocenters. The minimum absolute atomic E-state index is 9.95. The average Bonchev–Trinajstić information content (AvgIpc) is 0.592. The van der Waals surface area contributed by atoms with Crippen LogP contribution in [0.2, 0.25) is 0 Å². The molecule has 45 valence electrons. The van der Waals surface area contributed by atoms with Gasteiger partial charge in [-0.25, -0.2) is 0 Å². The van der Waals surface area contributed by atoms with Crippen molar-refractivity contribution in [3.8, 4) is 0 Å². The second kappa shape index (κ2) is 0.992. The molecule has 0 aliphatic rings. The first kappa shape index (κ1) is 8.02. The van der Waals surface area contributed by atoms with Crippen LogP contribution in [-0.4, -0.2) is 0 Å². The normalized spacial score (nSPS) is 23.1. The molecule has 0 aromatic heterocycles. The standard InChI is InChI=1S/Ac.6FH/h;6*1H/q+6;;;;;;/p-6. The van der Waals surface area contributed by atoms with Crippen molar-refractivity contribution in [2.24, 2.45) is 0 Å². The molecule has 0 saturated carbocycles. The van der Waals surface area contributed by atoms with E-state index in [9.17, 15) is 3.86 Å². The SMILES string of the molecule is [F][Ac]([F])([F])([F])([F])[F]. The summed E-state index contributed by atoms with van der Waals surface area (Å²) < 4.78 is 59.7. The molecule has 0 saturated heterocycles. The van der Waals surface area contributed by atoms with Crippen LogP contribution in [0.3, 0.4) is 0 Å². The Kier molecular flexibility index (Phi) is 1.14. The van der Waals surface area contributed by atoms with E-state index >= 15 is 0 Å². The number of rotatable bonds is 0. The maximum absolute atomic E-state index is 11.5. The Morgan fingerprint density at radius 3 is 0.571 bits per heavy atom. The summed E-state index contributed by atoms with van der Waals surface area (Å²) in [7, 11) is 0. The van der Waals surface area contributed by atoms with Gasteiger partial charge in [0, 0.05) is 0 Å². The van der Waals surface area contributed by atoms with Crippen molar-refractivity contribution >= 4 is 0 Å². The summed E-state index contributed by atoms with van der Waals surface area (Å²) in [5.41, 5.74) is 0. The third-order valence-electron chi connectivity index (χ3n) is 0. The summed E-state index contributed by atoms with van der Waals surface area (Å²) in [6, 6.07) is 0. The van der Waals surface area contributed by atoms with E-state index in [0.717, 1.165) is 0 Å². The molecule has 0 amide bonds. The topological polar surface area (TPSA) is 0 Å². The number of halogens is 6. The Hall–Kier alpha value is 1.02. The molecule has 0 aliphatic heterocycles. The molecule has 0 radical (unpaired) electrons. The molecule has 0 N–H and O–H groups in total. The van der Waals surface area contributed by atoms with Gasteiger partial charge in [0.05, 0.1) is 0 Å². The van der Waals surface area contributed by atoms with Crippen molar-refractivity contribution in [1.29, 1.82) is 0 Å². The third kappa shape index (κ3) is 170. The summed E-state index contributed by atoms with van der Waals surface area (Å²) in [6.45, 7) is 0. The molecule has 0 aliphatic carbocycles. The molecule has 0 rings (SSSR count). The van der Waals surface area contributed by atoms with Crippen LogP contribution in [0.1, 0.15) is 0 Å².